The van der Waals surface area contributed by atoms with Gasteiger partial charge >= 0.3 is 5.69 Å². The average molecular weight is 221 g/mol. The molecular formula is C11H9ClN2O. The largest absolute Gasteiger partial charge is 0.346 e. The third-order valence-electron chi connectivity index (χ3n) is 2.12. The number of rotatable bonds is 1. The molecule has 2 rings (SSSR count). The highest BCUT2D eigenvalue weighted by Gasteiger charge is 2.07. The Bertz CT molecular complexity index is 601. The minimum Gasteiger partial charge on any atom is -0.304 e. The Hall–Kier alpha value is -1.61. The van der Waals surface area contributed by atoms with Gasteiger partial charge in [0.15, 0.2) is 0 Å². The van der Waals surface area contributed by atoms with E-state index < -0.39 is 5.69 Å². The van der Waals surface area contributed by atoms with Gasteiger partial charge in [-0.1, -0.05) is 30.3 Å². The van der Waals surface area contributed by atoms with Crippen LogP contribution in [0.25, 0.3) is 16.5 Å². The maximum absolute atomic E-state index is 11.3. The topological polar surface area (TPSA) is 45.8 Å². The van der Waals surface area contributed by atoms with Crippen LogP contribution in [0, 0.1) is 0 Å². The fourth-order valence-electron chi connectivity index (χ4n) is 1.47. The van der Waals surface area contributed by atoms with Gasteiger partial charge in [0.05, 0.1) is 16.2 Å². The van der Waals surface area contributed by atoms with Crippen molar-refractivity contribution in [3.63, 3.8) is 0 Å². The minimum atomic E-state index is -0.409. The summed E-state index contributed by atoms with van der Waals surface area (Å²) in [6.45, 7) is 5.60. The van der Waals surface area contributed by atoms with Gasteiger partial charge in [0, 0.05) is 5.39 Å². The number of hydrogen-bond donors (Lipinski definition) is 1. The number of aromatic nitrogens is 2. The Morgan fingerprint density at radius 1 is 1.53 bits per heavy atom. The van der Waals surface area contributed by atoms with Gasteiger partial charge in [-0.3, -0.25) is 0 Å². The summed E-state index contributed by atoms with van der Waals surface area (Å²) in [5, 5.41) is 1.32. The van der Waals surface area contributed by atoms with E-state index >= 15 is 0 Å². The van der Waals surface area contributed by atoms with Crippen molar-refractivity contribution in [1.29, 1.82) is 0 Å². The summed E-state index contributed by atoms with van der Waals surface area (Å²) in [5.41, 5.74) is 1.54. The first kappa shape index (κ1) is 9.93. The van der Waals surface area contributed by atoms with E-state index in [1.807, 2.05) is 19.1 Å². The molecule has 0 fully saturated rings. The Morgan fingerprint density at radius 2 is 2.27 bits per heavy atom. The van der Waals surface area contributed by atoms with Crippen molar-refractivity contribution in [2.45, 2.75) is 6.92 Å². The van der Waals surface area contributed by atoms with Crippen LogP contribution in [0.1, 0.15) is 12.6 Å². The smallest absolute Gasteiger partial charge is 0.304 e. The maximum atomic E-state index is 11.3. The van der Waals surface area contributed by atoms with E-state index in [1.165, 1.54) is 0 Å². The second-order valence-corrected chi connectivity index (χ2v) is 3.74. The predicted molar refractivity (Wildman–Crippen MR) is 62.1 cm³/mol. The molecule has 0 atom stereocenters. The molecule has 76 valence electrons. The highest BCUT2D eigenvalue weighted by atomic mass is 35.5. The molecule has 0 bridgehead atoms. The summed E-state index contributed by atoms with van der Waals surface area (Å²) in [7, 11) is 0. The van der Waals surface area contributed by atoms with Gasteiger partial charge in [-0.15, -0.1) is 0 Å². The van der Waals surface area contributed by atoms with Crippen LogP contribution >= 0.6 is 11.6 Å². The molecule has 0 unspecified atom stereocenters. The molecule has 3 nitrogen and oxygen atoms in total. The molecule has 1 aromatic carbocycles. The van der Waals surface area contributed by atoms with Crippen LogP contribution in [-0.2, 0) is 0 Å². The van der Waals surface area contributed by atoms with Crippen molar-refractivity contribution in [3.05, 3.63) is 46.0 Å². The zero-order chi connectivity index (χ0) is 11.0. The van der Waals surface area contributed by atoms with Gasteiger partial charge < -0.3 is 4.98 Å². The van der Waals surface area contributed by atoms with Crippen LogP contribution < -0.4 is 5.69 Å². The number of fused-ring (bicyclic) bond motifs is 1. The van der Waals surface area contributed by atoms with Crippen LogP contribution in [0.3, 0.4) is 0 Å². The molecule has 15 heavy (non-hydrogen) atoms. The number of nitrogens with zero attached hydrogens (tertiary/aromatic N) is 1. The zero-order valence-corrected chi connectivity index (χ0v) is 8.93. The number of hydrogen-bond acceptors (Lipinski definition) is 2. The van der Waals surface area contributed by atoms with E-state index in [0.717, 1.165) is 11.0 Å². The average Bonchev–Trinajstić information content (AvgIpc) is 2.18. The molecule has 0 amide bonds. The third-order valence-corrected chi connectivity index (χ3v) is 2.43. The van der Waals surface area contributed by atoms with Crippen molar-refractivity contribution >= 4 is 28.1 Å². The lowest BCUT2D eigenvalue weighted by Crippen LogP contribution is -2.12. The second kappa shape index (κ2) is 3.51. The number of aromatic amines is 1. The highest BCUT2D eigenvalue weighted by Crippen LogP contribution is 2.24. The van der Waals surface area contributed by atoms with Gasteiger partial charge in [-0.05, 0) is 18.6 Å². The van der Waals surface area contributed by atoms with Gasteiger partial charge in [-0.25, -0.2) is 4.79 Å². The normalized spacial score (nSPS) is 10.5. The first-order valence-corrected chi connectivity index (χ1v) is 4.82. The lowest BCUT2D eigenvalue weighted by atomic mass is 10.1. The standard InChI is InChI=1S/C11H9ClN2O/c1-6(2)9-7-4-3-5-8(12)10(7)14-11(15)13-9/h3-5H,1H2,2H3,(H,13,14,15). The van der Waals surface area contributed by atoms with E-state index in [-0.39, 0.29) is 0 Å². The van der Waals surface area contributed by atoms with Crippen molar-refractivity contribution in [3.8, 4) is 0 Å². The molecule has 0 aliphatic rings. The Morgan fingerprint density at radius 3 is 2.93 bits per heavy atom. The SMILES string of the molecule is C=C(C)c1nc(=O)[nH]c2c(Cl)cccc12. The van der Waals surface area contributed by atoms with Crippen molar-refractivity contribution in [2.75, 3.05) is 0 Å². The number of para-hydroxylation sites is 1. The van der Waals surface area contributed by atoms with E-state index in [0.29, 0.717) is 16.2 Å². The first-order valence-electron chi connectivity index (χ1n) is 4.44. The molecule has 4 heteroatoms. The van der Waals surface area contributed by atoms with Crippen LogP contribution in [0.2, 0.25) is 5.02 Å². The van der Waals surface area contributed by atoms with E-state index in [2.05, 4.69) is 16.5 Å². The number of benzene rings is 1. The summed E-state index contributed by atoms with van der Waals surface area (Å²) in [6.07, 6.45) is 0. The van der Waals surface area contributed by atoms with Crippen LogP contribution in [0.5, 0.6) is 0 Å². The van der Waals surface area contributed by atoms with Crippen LogP contribution in [0.4, 0.5) is 0 Å². The Balaban J connectivity index is 2.99. The quantitative estimate of drug-likeness (QED) is 0.803. The summed E-state index contributed by atoms with van der Waals surface area (Å²) in [4.78, 5) is 17.8. The molecule has 0 radical (unpaired) electrons. The van der Waals surface area contributed by atoms with Crippen LogP contribution in [0.15, 0.2) is 29.6 Å². The second-order valence-electron chi connectivity index (χ2n) is 3.33. The third kappa shape index (κ3) is 1.66. The lowest BCUT2D eigenvalue weighted by Gasteiger charge is -2.04. The van der Waals surface area contributed by atoms with Crippen molar-refractivity contribution < 1.29 is 0 Å². The predicted octanol–water partition coefficient (Wildman–Crippen LogP) is 2.61. The van der Waals surface area contributed by atoms with Gasteiger partial charge in [0.2, 0.25) is 0 Å². The zero-order valence-electron chi connectivity index (χ0n) is 8.17. The molecule has 0 aliphatic heterocycles. The van der Waals surface area contributed by atoms with Gasteiger partial charge in [0.1, 0.15) is 0 Å². The summed E-state index contributed by atoms with van der Waals surface area (Å²) >= 11 is 5.98. The summed E-state index contributed by atoms with van der Waals surface area (Å²) < 4.78 is 0. The maximum Gasteiger partial charge on any atom is 0.346 e. The molecule has 0 aliphatic carbocycles. The summed E-state index contributed by atoms with van der Waals surface area (Å²) in [5.74, 6) is 0. The lowest BCUT2D eigenvalue weighted by molar-refractivity contribution is 1.10. The fourth-order valence-corrected chi connectivity index (χ4v) is 1.69. The van der Waals surface area contributed by atoms with E-state index in [1.54, 1.807) is 6.07 Å². The number of halogens is 1. The number of nitrogens with one attached hydrogen (secondary N) is 1. The van der Waals surface area contributed by atoms with Gasteiger partial charge in [-0.2, -0.15) is 4.98 Å². The number of H-pyrrole nitrogens is 1. The van der Waals surface area contributed by atoms with Crippen molar-refractivity contribution in [1.82, 2.24) is 9.97 Å². The first-order chi connectivity index (χ1) is 7.09. The molecule has 1 heterocycles. The minimum absolute atomic E-state index is 0.409. The molecular weight excluding hydrogens is 212 g/mol. The Kier molecular flexibility index (Phi) is 2.32. The number of allylic oxidation sites excluding steroid dienone is 1. The molecule has 0 spiro atoms. The van der Waals surface area contributed by atoms with E-state index in [9.17, 15) is 4.79 Å². The summed E-state index contributed by atoms with van der Waals surface area (Å²) in [6, 6.07) is 5.40. The van der Waals surface area contributed by atoms with Crippen LogP contribution in [-0.4, -0.2) is 9.97 Å². The molecule has 1 aromatic heterocycles. The van der Waals surface area contributed by atoms with Gasteiger partial charge in [0.25, 0.3) is 0 Å². The highest BCUT2D eigenvalue weighted by molar-refractivity contribution is 6.35. The fraction of sp³-hybridized carbons (Fsp3) is 0.0909. The monoisotopic (exact) mass is 220 g/mol. The Labute approximate surface area is 91.4 Å². The molecule has 1 N–H and O–H groups in total. The van der Waals surface area contributed by atoms with E-state index in [4.69, 9.17) is 11.6 Å². The molecule has 0 saturated heterocycles. The van der Waals surface area contributed by atoms with Crippen molar-refractivity contribution in [2.24, 2.45) is 0 Å². The molecule has 0 saturated carbocycles. The molecule has 2 aromatic rings.